The maximum absolute atomic E-state index is 12.5. The summed E-state index contributed by atoms with van der Waals surface area (Å²) in [6, 6.07) is 8.39. The molecule has 0 bridgehead atoms. The number of nitrogens with one attached hydrogen (secondary N) is 2. The highest BCUT2D eigenvalue weighted by Gasteiger charge is 2.18. The highest BCUT2D eigenvalue weighted by Crippen LogP contribution is 2.29. The van der Waals surface area contributed by atoms with Crippen molar-refractivity contribution in [2.75, 3.05) is 23.3 Å². The minimum atomic E-state index is -0.521. The number of hydrogen-bond donors (Lipinski definition) is 3. The quantitative estimate of drug-likeness (QED) is 0.756. The lowest BCUT2D eigenvalue weighted by Crippen LogP contribution is -2.34. The number of nitrogens with zero attached hydrogens (tertiary/aromatic N) is 2. The van der Waals surface area contributed by atoms with E-state index in [1.807, 2.05) is 25.1 Å². The van der Waals surface area contributed by atoms with E-state index in [0.29, 0.717) is 11.3 Å². The molecule has 142 valence electrons. The van der Waals surface area contributed by atoms with E-state index in [9.17, 15) is 9.59 Å². The molecule has 4 N–H and O–H groups in total. The predicted molar refractivity (Wildman–Crippen MR) is 106 cm³/mol. The number of piperidine rings is 1. The van der Waals surface area contributed by atoms with Crippen LogP contribution in [-0.4, -0.2) is 30.0 Å². The summed E-state index contributed by atoms with van der Waals surface area (Å²) in [5, 5.41) is 5.78. The number of nitrogens with two attached hydrogens (primary N) is 1. The van der Waals surface area contributed by atoms with E-state index in [0.717, 1.165) is 37.2 Å². The van der Waals surface area contributed by atoms with E-state index in [1.165, 1.54) is 6.42 Å². The van der Waals surface area contributed by atoms with E-state index in [1.54, 1.807) is 24.5 Å². The molecule has 1 saturated heterocycles. The Morgan fingerprint density at radius 1 is 1.19 bits per heavy atom. The van der Waals surface area contributed by atoms with E-state index >= 15 is 0 Å². The van der Waals surface area contributed by atoms with Gasteiger partial charge in [-0.05, 0) is 56.0 Å². The molecule has 0 unspecified atom stereocenters. The summed E-state index contributed by atoms with van der Waals surface area (Å²) >= 11 is 0. The molecule has 27 heavy (non-hydrogen) atoms. The number of pyridine rings is 1. The van der Waals surface area contributed by atoms with Crippen LogP contribution in [0.3, 0.4) is 0 Å². The minimum absolute atomic E-state index is 0.198. The molecule has 0 saturated carbocycles. The number of rotatable bonds is 5. The van der Waals surface area contributed by atoms with E-state index in [-0.39, 0.29) is 12.1 Å². The van der Waals surface area contributed by atoms with Crippen molar-refractivity contribution in [2.45, 2.75) is 32.2 Å². The fourth-order valence-electron chi connectivity index (χ4n) is 3.27. The molecular weight excluding hydrogens is 342 g/mol. The Morgan fingerprint density at radius 2 is 1.96 bits per heavy atom. The van der Waals surface area contributed by atoms with Crippen LogP contribution in [0.4, 0.5) is 16.2 Å². The Kier molecular flexibility index (Phi) is 5.90. The number of primary amides is 1. The van der Waals surface area contributed by atoms with Gasteiger partial charge in [0, 0.05) is 31.0 Å². The molecule has 3 rings (SSSR count). The summed E-state index contributed by atoms with van der Waals surface area (Å²) in [5.41, 5.74) is 8.18. The van der Waals surface area contributed by atoms with Gasteiger partial charge in [0.15, 0.2) is 0 Å². The second-order valence-electron chi connectivity index (χ2n) is 6.75. The van der Waals surface area contributed by atoms with Crippen molar-refractivity contribution in [3.05, 3.63) is 53.9 Å². The van der Waals surface area contributed by atoms with Crippen molar-refractivity contribution < 1.29 is 9.59 Å². The van der Waals surface area contributed by atoms with Crippen molar-refractivity contribution in [1.29, 1.82) is 0 Å². The van der Waals surface area contributed by atoms with Gasteiger partial charge in [-0.3, -0.25) is 9.78 Å². The van der Waals surface area contributed by atoms with E-state index in [2.05, 4.69) is 20.5 Å². The first kappa shape index (κ1) is 18.7. The molecule has 1 aromatic heterocycles. The second-order valence-corrected chi connectivity index (χ2v) is 6.75. The van der Waals surface area contributed by atoms with Gasteiger partial charge < -0.3 is 21.3 Å². The molecule has 1 fully saturated rings. The first-order chi connectivity index (χ1) is 13.0. The molecule has 7 heteroatoms. The minimum Gasteiger partial charge on any atom is -0.370 e. The van der Waals surface area contributed by atoms with Gasteiger partial charge >= 0.3 is 6.03 Å². The molecule has 1 aromatic carbocycles. The first-order valence-corrected chi connectivity index (χ1v) is 9.21. The number of anilines is 2. The molecule has 3 amide bonds. The van der Waals surface area contributed by atoms with Gasteiger partial charge in [-0.2, -0.15) is 0 Å². The number of aromatic nitrogens is 1. The van der Waals surface area contributed by atoms with Gasteiger partial charge in [0.1, 0.15) is 0 Å². The molecule has 1 aliphatic rings. The van der Waals surface area contributed by atoms with Crippen molar-refractivity contribution in [3.63, 3.8) is 0 Å². The SMILES string of the molecule is C[C@H](NC(=O)Nc1cc(C(N)=O)ccc1N1CCCCC1)c1cccnc1. The Balaban J connectivity index is 1.77. The Labute approximate surface area is 159 Å². The van der Waals surface area contributed by atoms with Crippen LogP contribution < -0.4 is 21.3 Å². The number of benzene rings is 1. The molecule has 2 aromatic rings. The number of amides is 3. The van der Waals surface area contributed by atoms with Gasteiger partial charge in [0.25, 0.3) is 0 Å². The third kappa shape index (κ3) is 4.75. The Morgan fingerprint density at radius 3 is 2.63 bits per heavy atom. The summed E-state index contributed by atoms with van der Waals surface area (Å²) in [7, 11) is 0. The van der Waals surface area contributed by atoms with Crippen LogP contribution in [-0.2, 0) is 0 Å². The maximum Gasteiger partial charge on any atom is 0.319 e. The lowest BCUT2D eigenvalue weighted by atomic mass is 10.1. The zero-order chi connectivity index (χ0) is 19.2. The predicted octanol–water partition coefficient (Wildman–Crippen LogP) is 3.05. The number of carbonyl (C=O) groups excluding carboxylic acids is 2. The molecule has 0 radical (unpaired) electrons. The average molecular weight is 367 g/mol. The molecule has 0 spiro atoms. The largest absolute Gasteiger partial charge is 0.370 e. The molecular formula is C20H25N5O2. The van der Waals surface area contributed by atoms with Gasteiger partial charge in [-0.15, -0.1) is 0 Å². The smallest absolute Gasteiger partial charge is 0.319 e. The number of carbonyl (C=O) groups is 2. The zero-order valence-corrected chi connectivity index (χ0v) is 15.4. The number of urea groups is 1. The normalized spacial score (nSPS) is 15.1. The van der Waals surface area contributed by atoms with Crippen LogP contribution in [0.1, 0.15) is 48.1 Å². The van der Waals surface area contributed by atoms with Crippen molar-refractivity contribution in [3.8, 4) is 0 Å². The molecule has 1 aliphatic heterocycles. The lowest BCUT2D eigenvalue weighted by Gasteiger charge is -2.31. The molecule has 0 aliphatic carbocycles. The zero-order valence-electron chi connectivity index (χ0n) is 15.4. The van der Waals surface area contributed by atoms with E-state index in [4.69, 9.17) is 5.73 Å². The van der Waals surface area contributed by atoms with Crippen LogP contribution in [0.2, 0.25) is 0 Å². The summed E-state index contributed by atoms with van der Waals surface area (Å²) in [5.74, 6) is -0.521. The highest BCUT2D eigenvalue weighted by molar-refractivity contribution is 5.99. The van der Waals surface area contributed by atoms with Crippen LogP contribution in [0.25, 0.3) is 0 Å². The van der Waals surface area contributed by atoms with Crippen LogP contribution in [0.5, 0.6) is 0 Å². The van der Waals surface area contributed by atoms with Gasteiger partial charge in [-0.1, -0.05) is 6.07 Å². The Hall–Kier alpha value is -3.09. The molecule has 2 heterocycles. The summed E-state index contributed by atoms with van der Waals surface area (Å²) in [6.45, 7) is 3.75. The fraction of sp³-hybridized carbons (Fsp3) is 0.350. The highest BCUT2D eigenvalue weighted by atomic mass is 16.2. The van der Waals surface area contributed by atoms with Gasteiger partial charge in [0.2, 0.25) is 5.91 Å². The van der Waals surface area contributed by atoms with E-state index < -0.39 is 5.91 Å². The maximum atomic E-state index is 12.5. The van der Waals surface area contributed by atoms with Gasteiger partial charge in [0.05, 0.1) is 17.4 Å². The lowest BCUT2D eigenvalue weighted by molar-refractivity contribution is 0.100. The average Bonchev–Trinajstić information content (AvgIpc) is 2.69. The van der Waals surface area contributed by atoms with Crippen LogP contribution >= 0.6 is 0 Å². The van der Waals surface area contributed by atoms with Crippen LogP contribution in [0, 0.1) is 0 Å². The monoisotopic (exact) mass is 367 g/mol. The second kappa shape index (κ2) is 8.53. The standard InChI is InChI=1S/C20H25N5O2/c1-14(16-6-5-9-22-13-16)23-20(27)24-17-12-15(19(21)26)7-8-18(17)25-10-3-2-4-11-25/h5-9,12-14H,2-4,10-11H2,1H3,(H2,21,26)(H2,23,24,27)/t14-/m0/s1. The molecule has 1 atom stereocenters. The summed E-state index contributed by atoms with van der Waals surface area (Å²) < 4.78 is 0. The summed E-state index contributed by atoms with van der Waals surface area (Å²) in [4.78, 5) is 30.4. The van der Waals surface area contributed by atoms with Crippen molar-refractivity contribution in [2.24, 2.45) is 5.73 Å². The fourth-order valence-corrected chi connectivity index (χ4v) is 3.27. The Bertz CT molecular complexity index is 803. The van der Waals surface area contributed by atoms with Crippen molar-refractivity contribution in [1.82, 2.24) is 10.3 Å². The summed E-state index contributed by atoms with van der Waals surface area (Å²) in [6.07, 6.45) is 6.85. The van der Waals surface area contributed by atoms with Crippen molar-refractivity contribution >= 4 is 23.3 Å². The van der Waals surface area contributed by atoms with Gasteiger partial charge in [-0.25, -0.2) is 4.79 Å². The third-order valence-electron chi connectivity index (χ3n) is 4.76. The van der Waals surface area contributed by atoms with Crippen LogP contribution in [0.15, 0.2) is 42.7 Å². The number of hydrogen-bond acceptors (Lipinski definition) is 4. The topological polar surface area (TPSA) is 100 Å². The third-order valence-corrected chi connectivity index (χ3v) is 4.76. The molecule has 7 nitrogen and oxygen atoms in total. The first-order valence-electron chi connectivity index (χ1n) is 9.21.